The quantitative estimate of drug-likeness (QED) is 0.609. The molecule has 1 aromatic heterocycles. The lowest BCUT2D eigenvalue weighted by Crippen LogP contribution is -2.51. The normalized spacial score (nSPS) is 28.9. The second-order valence-electron chi connectivity index (χ2n) is 7.26. The van der Waals surface area contributed by atoms with Crippen LogP contribution in [0.15, 0.2) is 18.5 Å². The molecule has 2 amide bonds. The second kappa shape index (κ2) is 7.07. The fourth-order valence-corrected chi connectivity index (χ4v) is 4.14. The Hall–Kier alpha value is -2.02. The molecule has 1 N–H and O–H groups in total. The number of nitrogens with one attached hydrogen (secondary N) is 1. The maximum Gasteiger partial charge on any atom is 0.233 e. The molecular weight excluding hydrogens is 318 g/mol. The Morgan fingerprint density at radius 2 is 1.80 bits per heavy atom. The predicted molar refractivity (Wildman–Crippen MR) is 92.8 cm³/mol. The highest BCUT2D eigenvalue weighted by Gasteiger charge is 2.52. The van der Waals surface area contributed by atoms with Crippen molar-refractivity contribution >= 4 is 17.8 Å². The van der Waals surface area contributed by atoms with Gasteiger partial charge in [-0.1, -0.05) is 6.42 Å². The summed E-state index contributed by atoms with van der Waals surface area (Å²) in [5, 5.41) is 3.54. The van der Waals surface area contributed by atoms with E-state index >= 15 is 0 Å². The molecule has 25 heavy (non-hydrogen) atoms. The summed E-state index contributed by atoms with van der Waals surface area (Å²) in [6, 6.07) is 2.23. The maximum atomic E-state index is 12.1. The Morgan fingerprint density at radius 1 is 1.08 bits per heavy atom. The lowest BCUT2D eigenvalue weighted by atomic mass is 9.76. The van der Waals surface area contributed by atoms with E-state index in [4.69, 9.17) is 0 Å². The van der Waals surface area contributed by atoms with Crippen molar-refractivity contribution in [1.29, 1.82) is 0 Å². The first-order valence-electron chi connectivity index (χ1n) is 9.34. The zero-order chi connectivity index (χ0) is 17.2. The average Bonchev–Trinajstić information content (AvgIpc) is 2.76. The standard InChI is InChI=1S/C18H25N5O2/c24-16-14-5-6-15(14)17(25)23(16)10-2-1-4-13-12-22(11-9-19-13)18-20-7-3-8-21-18/h3,7-8,13-15,19H,1-2,4-6,9-12H2/t13?,14-,15+. The Balaban J connectivity index is 1.21. The molecule has 3 atom stereocenters. The van der Waals surface area contributed by atoms with Crippen molar-refractivity contribution in [3.8, 4) is 0 Å². The first-order valence-corrected chi connectivity index (χ1v) is 9.34. The van der Waals surface area contributed by atoms with E-state index < -0.39 is 0 Å². The summed E-state index contributed by atoms with van der Waals surface area (Å²) in [7, 11) is 0. The molecule has 7 heteroatoms. The fraction of sp³-hybridized carbons (Fsp3) is 0.667. The van der Waals surface area contributed by atoms with Gasteiger partial charge in [-0.05, 0) is 31.7 Å². The number of carbonyl (C=O) groups is 2. The van der Waals surface area contributed by atoms with Crippen LogP contribution in [0.2, 0.25) is 0 Å². The number of rotatable bonds is 6. The van der Waals surface area contributed by atoms with Crippen molar-refractivity contribution in [2.75, 3.05) is 31.1 Å². The number of anilines is 1. The highest BCUT2D eigenvalue weighted by atomic mass is 16.2. The van der Waals surface area contributed by atoms with Crippen molar-refractivity contribution in [2.45, 2.75) is 38.1 Å². The number of hydrogen-bond donors (Lipinski definition) is 1. The van der Waals surface area contributed by atoms with E-state index in [1.54, 1.807) is 12.4 Å². The fourth-order valence-electron chi connectivity index (χ4n) is 4.14. The molecule has 1 unspecified atom stereocenters. The largest absolute Gasteiger partial charge is 0.338 e. The van der Waals surface area contributed by atoms with Gasteiger partial charge < -0.3 is 10.2 Å². The number of imide groups is 1. The molecule has 3 fully saturated rings. The van der Waals surface area contributed by atoms with Crippen LogP contribution in [0, 0.1) is 11.8 Å². The van der Waals surface area contributed by atoms with Crippen molar-refractivity contribution in [2.24, 2.45) is 11.8 Å². The number of fused-ring (bicyclic) bond motifs is 1. The van der Waals surface area contributed by atoms with Crippen molar-refractivity contribution in [3.05, 3.63) is 18.5 Å². The van der Waals surface area contributed by atoms with Crippen molar-refractivity contribution < 1.29 is 9.59 Å². The van der Waals surface area contributed by atoms with E-state index in [0.29, 0.717) is 12.6 Å². The van der Waals surface area contributed by atoms with Crippen LogP contribution in [0.5, 0.6) is 0 Å². The molecule has 2 aliphatic heterocycles. The Morgan fingerprint density at radius 3 is 2.48 bits per heavy atom. The summed E-state index contributed by atoms with van der Waals surface area (Å²) in [5.74, 6) is 0.950. The van der Waals surface area contributed by atoms with Gasteiger partial charge in [0.25, 0.3) is 0 Å². The molecule has 1 aliphatic carbocycles. The lowest BCUT2D eigenvalue weighted by molar-refractivity contribution is -0.139. The number of likely N-dealkylation sites (tertiary alicyclic amines) is 1. The SMILES string of the molecule is O=C1[C@H]2CC[C@H]2C(=O)N1CCCCC1CN(c2ncccn2)CCN1. The van der Waals surface area contributed by atoms with Gasteiger partial charge in [0.15, 0.2) is 0 Å². The van der Waals surface area contributed by atoms with Gasteiger partial charge in [-0.2, -0.15) is 0 Å². The van der Waals surface area contributed by atoms with E-state index in [9.17, 15) is 9.59 Å². The summed E-state index contributed by atoms with van der Waals surface area (Å²) in [6.07, 6.45) is 8.27. The van der Waals surface area contributed by atoms with Crippen LogP contribution in [0.1, 0.15) is 32.1 Å². The maximum absolute atomic E-state index is 12.1. The van der Waals surface area contributed by atoms with Crippen LogP contribution >= 0.6 is 0 Å². The summed E-state index contributed by atoms with van der Waals surface area (Å²) in [4.78, 5) is 36.7. The van der Waals surface area contributed by atoms with Crippen LogP contribution in [0.3, 0.4) is 0 Å². The van der Waals surface area contributed by atoms with Gasteiger partial charge >= 0.3 is 0 Å². The first kappa shape index (κ1) is 16.4. The van der Waals surface area contributed by atoms with Gasteiger partial charge in [-0.25, -0.2) is 9.97 Å². The topological polar surface area (TPSA) is 78.4 Å². The molecule has 1 saturated carbocycles. The molecule has 7 nitrogen and oxygen atoms in total. The number of amides is 2. The minimum Gasteiger partial charge on any atom is -0.338 e. The van der Waals surface area contributed by atoms with Gasteiger partial charge in [-0.3, -0.25) is 14.5 Å². The van der Waals surface area contributed by atoms with Crippen molar-refractivity contribution in [1.82, 2.24) is 20.2 Å². The van der Waals surface area contributed by atoms with E-state index in [1.165, 1.54) is 4.90 Å². The first-order chi connectivity index (χ1) is 12.2. The minimum atomic E-state index is 0.00643. The third-order valence-electron chi connectivity index (χ3n) is 5.72. The molecule has 0 aromatic carbocycles. The zero-order valence-corrected chi connectivity index (χ0v) is 14.4. The number of aromatic nitrogens is 2. The van der Waals surface area contributed by atoms with Crippen LogP contribution in [0.4, 0.5) is 5.95 Å². The number of hydrogen-bond acceptors (Lipinski definition) is 6. The van der Waals surface area contributed by atoms with Crippen molar-refractivity contribution in [3.63, 3.8) is 0 Å². The molecule has 2 saturated heterocycles. The molecule has 3 aliphatic rings. The van der Waals surface area contributed by atoms with Gasteiger partial charge in [0, 0.05) is 44.6 Å². The summed E-state index contributed by atoms with van der Waals surface area (Å²) in [5.41, 5.74) is 0. The van der Waals surface area contributed by atoms with Gasteiger partial charge in [0.1, 0.15) is 0 Å². The third kappa shape index (κ3) is 3.25. The van der Waals surface area contributed by atoms with Crippen LogP contribution < -0.4 is 10.2 Å². The molecule has 0 radical (unpaired) electrons. The van der Waals surface area contributed by atoms with E-state index in [1.807, 2.05) is 6.07 Å². The Labute approximate surface area is 147 Å². The number of carbonyl (C=O) groups excluding carboxylic acids is 2. The van der Waals surface area contributed by atoms with Crippen LogP contribution in [-0.2, 0) is 9.59 Å². The molecule has 0 spiro atoms. The number of unbranched alkanes of at least 4 members (excludes halogenated alkanes) is 1. The van der Waals surface area contributed by atoms with E-state index in [0.717, 1.165) is 57.7 Å². The smallest absolute Gasteiger partial charge is 0.233 e. The molecule has 1 aromatic rings. The lowest BCUT2D eigenvalue weighted by Gasteiger charge is -2.33. The molecule has 0 bridgehead atoms. The minimum absolute atomic E-state index is 0.00643. The summed E-state index contributed by atoms with van der Waals surface area (Å²) in [6.45, 7) is 3.33. The van der Waals surface area contributed by atoms with Gasteiger partial charge in [0.05, 0.1) is 11.8 Å². The highest BCUT2D eigenvalue weighted by Crippen LogP contribution is 2.42. The molecule has 134 valence electrons. The van der Waals surface area contributed by atoms with Crippen LogP contribution in [-0.4, -0.2) is 58.9 Å². The molecule has 3 heterocycles. The molecular formula is C18H25N5O2. The molecule has 4 rings (SSSR count). The highest BCUT2D eigenvalue weighted by molar-refractivity contribution is 6.06. The average molecular weight is 343 g/mol. The monoisotopic (exact) mass is 343 g/mol. The van der Waals surface area contributed by atoms with E-state index in [2.05, 4.69) is 20.2 Å². The summed E-state index contributed by atoms with van der Waals surface area (Å²) < 4.78 is 0. The van der Waals surface area contributed by atoms with Gasteiger partial charge in [-0.15, -0.1) is 0 Å². The van der Waals surface area contributed by atoms with Gasteiger partial charge in [0.2, 0.25) is 17.8 Å². The Bertz CT molecular complexity index is 616. The van der Waals surface area contributed by atoms with E-state index in [-0.39, 0.29) is 23.7 Å². The number of nitrogens with zero attached hydrogens (tertiary/aromatic N) is 4. The third-order valence-corrected chi connectivity index (χ3v) is 5.72. The second-order valence-corrected chi connectivity index (χ2v) is 7.26. The predicted octanol–water partition coefficient (Wildman–Crippen LogP) is 0.820. The number of piperazine rings is 1. The van der Waals surface area contributed by atoms with Crippen LogP contribution in [0.25, 0.3) is 0 Å². The summed E-state index contributed by atoms with van der Waals surface area (Å²) >= 11 is 0. The zero-order valence-electron chi connectivity index (χ0n) is 14.4. The Kier molecular flexibility index (Phi) is 4.65.